The van der Waals surface area contributed by atoms with Gasteiger partial charge < -0.3 is 10.1 Å². The van der Waals surface area contributed by atoms with Gasteiger partial charge in [0.25, 0.3) is 0 Å². The van der Waals surface area contributed by atoms with Crippen molar-refractivity contribution in [2.24, 2.45) is 0 Å². The smallest absolute Gasteiger partial charge is 0.137 e. The summed E-state index contributed by atoms with van der Waals surface area (Å²) < 4.78 is 5.05. The van der Waals surface area contributed by atoms with E-state index >= 15 is 0 Å². The summed E-state index contributed by atoms with van der Waals surface area (Å²) in [6.07, 6.45) is 4.42. The first-order valence-electron chi connectivity index (χ1n) is 5.24. The highest BCUT2D eigenvalue weighted by molar-refractivity contribution is 8.00. The van der Waals surface area contributed by atoms with Gasteiger partial charge in [-0.15, -0.1) is 0 Å². The minimum atomic E-state index is 0.758. The molecule has 0 spiro atoms. The molecular weight excluding hydrogens is 208 g/mol. The lowest BCUT2D eigenvalue weighted by molar-refractivity contribution is 0.413. The van der Waals surface area contributed by atoms with Gasteiger partial charge in [-0.2, -0.15) is 11.8 Å². The van der Waals surface area contributed by atoms with Gasteiger partial charge in [-0.05, 0) is 30.7 Å². The van der Waals surface area contributed by atoms with Gasteiger partial charge in [-0.1, -0.05) is 0 Å². The van der Waals surface area contributed by atoms with Crippen LogP contribution in [0.1, 0.15) is 12.8 Å². The molecule has 15 heavy (non-hydrogen) atoms. The molecule has 1 N–H and O–H groups in total. The molecule has 1 aliphatic heterocycles. The van der Waals surface area contributed by atoms with E-state index in [1.165, 1.54) is 18.6 Å². The Morgan fingerprint density at radius 2 is 2.53 bits per heavy atom. The Bertz CT molecular complexity index is 296. The first kappa shape index (κ1) is 10.6. The fraction of sp³-hybridized carbons (Fsp3) is 0.545. The number of rotatable bonds is 4. The number of aromatic nitrogens is 1. The van der Waals surface area contributed by atoms with Crippen molar-refractivity contribution >= 4 is 17.6 Å². The van der Waals surface area contributed by atoms with E-state index in [9.17, 15) is 0 Å². The van der Waals surface area contributed by atoms with Crippen LogP contribution in [-0.4, -0.2) is 29.6 Å². The van der Waals surface area contributed by atoms with Crippen LogP contribution in [-0.2, 0) is 0 Å². The molecule has 2 heterocycles. The van der Waals surface area contributed by atoms with Crippen LogP contribution in [0.15, 0.2) is 18.3 Å². The number of nitrogens with one attached hydrogen (secondary N) is 1. The van der Waals surface area contributed by atoms with Crippen LogP contribution in [0.2, 0.25) is 0 Å². The van der Waals surface area contributed by atoms with Crippen molar-refractivity contribution in [3.63, 3.8) is 0 Å². The maximum Gasteiger partial charge on any atom is 0.137 e. The number of pyridine rings is 1. The predicted molar refractivity (Wildman–Crippen MR) is 64.8 cm³/mol. The van der Waals surface area contributed by atoms with Crippen LogP contribution in [0.5, 0.6) is 5.75 Å². The summed E-state index contributed by atoms with van der Waals surface area (Å²) in [5.74, 6) is 3.04. The summed E-state index contributed by atoms with van der Waals surface area (Å²) in [6, 6.07) is 3.88. The van der Waals surface area contributed by atoms with Crippen LogP contribution >= 0.6 is 11.8 Å². The number of thioether (sulfide) groups is 1. The molecule has 1 unspecified atom stereocenters. The van der Waals surface area contributed by atoms with Gasteiger partial charge in [0, 0.05) is 11.8 Å². The van der Waals surface area contributed by atoms with Gasteiger partial charge in [-0.3, -0.25) is 0 Å². The van der Waals surface area contributed by atoms with Crippen molar-refractivity contribution in [2.45, 2.75) is 18.1 Å². The van der Waals surface area contributed by atoms with Gasteiger partial charge in [0.05, 0.1) is 13.3 Å². The monoisotopic (exact) mass is 224 g/mol. The predicted octanol–water partition coefficient (Wildman–Crippen LogP) is 2.40. The van der Waals surface area contributed by atoms with Crippen LogP contribution in [0.4, 0.5) is 5.82 Å². The summed E-state index contributed by atoms with van der Waals surface area (Å²) in [5, 5.41) is 4.11. The molecule has 0 amide bonds. The van der Waals surface area contributed by atoms with Gasteiger partial charge in [0.1, 0.15) is 11.6 Å². The Morgan fingerprint density at radius 1 is 1.60 bits per heavy atom. The highest BCUT2D eigenvalue weighted by Gasteiger charge is 2.14. The fourth-order valence-corrected chi connectivity index (χ4v) is 2.83. The molecule has 4 heteroatoms. The molecule has 0 aliphatic carbocycles. The average Bonchev–Trinajstić information content (AvgIpc) is 2.80. The van der Waals surface area contributed by atoms with Gasteiger partial charge in [0.2, 0.25) is 0 Å². The van der Waals surface area contributed by atoms with Crippen LogP contribution in [0.3, 0.4) is 0 Å². The molecule has 1 aromatic rings. The third-order valence-corrected chi connectivity index (χ3v) is 3.91. The van der Waals surface area contributed by atoms with E-state index in [2.05, 4.69) is 22.1 Å². The maximum absolute atomic E-state index is 5.05. The van der Waals surface area contributed by atoms with Crippen molar-refractivity contribution < 1.29 is 4.74 Å². The topological polar surface area (TPSA) is 34.1 Å². The number of methoxy groups -OCH3 is 1. The molecule has 0 saturated carbocycles. The third-order valence-electron chi connectivity index (χ3n) is 2.51. The quantitative estimate of drug-likeness (QED) is 0.851. The maximum atomic E-state index is 5.05. The number of ether oxygens (including phenoxy) is 1. The second kappa shape index (κ2) is 5.26. The van der Waals surface area contributed by atoms with E-state index in [0.29, 0.717) is 0 Å². The molecule has 0 radical (unpaired) electrons. The first-order valence-corrected chi connectivity index (χ1v) is 6.29. The highest BCUT2D eigenvalue weighted by atomic mass is 32.2. The second-order valence-electron chi connectivity index (χ2n) is 3.60. The molecule has 82 valence electrons. The molecule has 1 saturated heterocycles. The van der Waals surface area contributed by atoms with Gasteiger partial charge in [0.15, 0.2) is 0 Å². The molecule has 0 bridgehead atoms. The molecular formula is C11H16N2OS. The SMILES string of the molecule is COc1ccc(NCC2CCCS2)nc1. The summed E-state index contributed by atoms with van der Waals surface area (Å²) in [5.41, 5.74) is 0. The largest absolute Gasteiger partial charge is 0.495 e. The highest BCUT2D eigenvalue weighted by Crippen LogP contribution is 2.26. The second-order valence-corrected chi connectivity index (χ2v) is 5.01. The fourth-order valence-electron chi connectivity index (χ4n) is 1.63. The molecule has 1 fully saturated rings. The summed E-state index contributed by atoms with van der Waals surface area (Å²) >= 11 is 2.05. The zero-order valence-corrected chi connectivity index (χ0v) is 9.72. The van der Waals surface area contributed by atoms with E-state index in [-0.39, 0.29) is 0 Å². The van der Waals surface area contributed by atoms with Crippen LogP contribution < -0.4 is 10.1 Å². The molecule has 1 aromatic heterocycles. The zero-order valence-electron chi connectivity index (χ0n) is 8.90. The van der Waals surface area contributed by atoms with Crippen LogP contribution in [0.25, 0.3) is 0 Å². The lowest BCUT2D eigenvalue weighted by Gasteiger charge is -2.10. The van der Waals surface area contributed by atoms with Crippen molar-refractivity contribution in [3.05, 3.63) is 18.3 Å². The number of anilines is 1. The van der Waals surface area contributed by atoms with Crippen LogP contribution in [0, 0.1) is 0 Å². The van der Waals surface area contributed by atoms with E-state index in [4.69, 9.17) is 4.74 Å². The third kappa shape index (κ3) is 3.02. The van der Waals surface area contributed by atoms with E-state index in [1.54, 1.807) is 13.3 Å². The van der Waals surface area contributed by atoms with Crippen molar-refractivity contribution in [3.8, 4) is 5.75 Å². The molecule has 3 nitrogen and oxygen atoms in total. The van der Waals surface area contributed by atoms with Crippen molar-refractivity contribution in [1.82, 2.24) is 4.98 Å². The Kier molecular flexibility index (Phi) is 3.72. The zero-order chi connectivity index (χ0) is 10.5. The Morgan fingerprint density at radius 3 is 3.13 bits per heavy atom. The normalized spacial score (nSPS) is 20.2. The summed E-state index contributed by atoms with van der Waals surface area (Å²) in [4.78, 5) is 4.27. The lowest BCUT2D eigenvalue weighted by atomic mass is 10.2. The van der Waals surface area contributed by atoms with E-state index < -0.39 is 0 Å². The van der Waals surface area contributed by atoms with Gasteiger partial charge >= 0.3 is 0 Å². The minimum Gasteiger partial charge on any atom is -0.495 e. The number of hydrogen-bond donors (Lipinski definition) is 1. The van der Waals surface area contributed by atoms with E-state index in [1.807, 2.05) is 12.1 Å². The molecule has 1 atom stereocenters. The molecule has 0 aromatic carbocycles. The van der Waals surface area contributed by atoms with Gasteiger partial charge in [-0.25, -0.2) is 4.98 Å². The molecule has 1 aliphatic rings. The first-order chi connectivity index (χ1) is 7.38. The minimum absolute atomic E-state index is 0.758. The lowest BCUT2D eigenvalue weighted by Crippen LogP contribution is -2.14. The van der Waals surface area contributed by atoms with E-state index in [0.717, 1.165) is 23.4 Å². The van der Waals surface area contributed by atoms with Crippen molar-refractivity contribution in [2.75, 3.05) is 24.7 Å². The average molecular weight is 224 g/mol. The number of hydrogen-bond acceptors (Lipinski definition) is 4. The summed E-state index contributed by atoms with van der Waals surface area (Å²) in [6.45, 7) is 1.02. The van der Waals surface area contributed by atoms with Crippen molar-refractivity contribution in [1.29, 1.82) is 0 Å². The Labute approximate surface area is 94.6 Å². The molecule has 2 rings (SSSR count). The Balaban J connectivity index is 1.82. The standard InChI is InChI=1S/C11H16N2OS/c1-14-9-4-5-11(12-7-9)13-8-10-3-2-6-15-10/h4-5,7,10H,2-3,6,8H2,1H3,(H,12,13). The number of nitrogens with zero attached hydrogens (tertiary/aromatic N) is 1. The summed E-state index contributed by atoms with van der Waals surface area (Å²) in [7, 11) is 1.65. The Hall–Kier alpha value is -0.900.